The molecule has 0 saturated heterocycles. The van der Waals surface area contributed by atoms with E-state index in [9.17, 15) is 4.79 Å². The van der Waals surface area contributed by atoms with Gasteiger partial charge in [-0.15, -0.1) is 0 Å². The largest absolute Gasteiger partial charge is 0.500 e. The summed E-state index contributed by atoms with van der Waals surface area (Å²) in [7, 11) is 2.12. The maximum atomic E-state index is 10.6. The number of hydrogen-bond donors (Lipinski definition) is 0. The minimum absolute atomic E-state index is 0.0409. The summed E-state index contributed by atoms with van der Waals surface area (Å²) in [6, 6.07) is 0.634. The third-order valence-corrected chi connectivity index (χ3v) is 5.12. The number of amides is 1. The molecule has 0 rings (SSSR count). The molecule has 0 aliphatic rings. The van der Waals surface area contributed by atoms with Crippen molar-refractivity contribution in [2.24, 2.45) is 5.11 Å². The molecule has 0 aromatic heterocycles. The molecule has 0 atom stereocenters. The van der Waals surface area contributed by atoms with Crippen LogP contribution in [0.1, 0.15) is 6.42 Å². The standard InChI is InChI=1S/C9H19N3O6Si/c1-14-19(15-2,16-3)8-4-5-17-6-7-18-9(13)11-12-10/h4-8H2,1-3H3. The molecule has 0 aromatic rings. The Morgan fingerprint density at radius 1 is 1.16 bits per heavy atom. The number of carbonyl (C=O) groups excluding carboxylic acids is 1. The number of ether oxygens (including phenoxy) is 2. The van der Waals surface area contributed by atoms with Gasteiger partial charge >= 0.3 is 14.9 Å². The highest BCUT2D eigenvalue weighted by Gasteiger charge is 2.36. The molecular weight excluding hydrogens is 274 g/mol. The van der Waals surface area contributed by atoms with Crippen molar-refractivity contribution in [3.05, 3.63) is 10.4 Å². The van der Waals surface area contributed by atoms with E-state index in [1.54, 1.807) is 21.3 Å². The molecule has 0 N–H and O–H groups in total. The van der Waals surface area contributed by atoms with Crippen molar-refractivity contribution in [2.75, 3.05) is 41.2 Å². The lowest BCUT2D eigenvalue weighted by atomic mass is 10.5. The molecule has 110 valence electrons. The molecule has 0 spiro atoms. The first kappa shape index (κ1) is 17.8. The molecule has 9 nitrogen and oxygen atoms in total. The second kappa shape index (κ2) is 10.7. The van der Waals surface area contributed by atoms with Crippen LogP contribution in [0.15, 0.2) is 5.11 Å². The lowest BCUT2D eigenvalue weighted by molar-refractivity contribution is 0.0725. The average molecular weight is 293 g/mol. The molecular formula is C9H19N3O6Si. The van der Waals surface area contributed by atoms with Crippen LogP contribution in [-0.4, -0.2) is 56.0 Å². The van der Waals surface area contributed by atoms with Crippen LogP contribution in [-0.2, 0) is 22.8 Å². The van der Waals surface area contributed by atoms with Gasteiger partial charge in [0.1, 0.15) is 6.61 Å². The Kier molecular flexibility index (Phi) is 10.1. The third kappa shape index (κ3) is 7.77. The highest BCUT2D eigenvalue weighted by Crippen LogP contribution is 2.14. The van der Waals surface area contributed by atoms with Crippen LogP contribution in [0, 0.1) is 0 Å². The fraction of sp³-hybridized carbons (Fsp3) is 0.889. The highest BCUT2D eigenvalue weighted by molar-refractivity contribution is 6.60. The van der Waals surface area contributed by atoms with Gasteiger partial charge in [0.15, 0.2) is 0 Å². The molecule has 10 heteroatoms. The molecule has 0 unspecified atom stereocenters. The van der Waals surface area contributed by atoms with Gasteiger partial charge in [-0.3, -0.25) is 0 Å². The lowest BCUT2D eigenvalue weighted by Gasteiger charge is -2.24. The van der Waals surface area contributed by atoms with Crippen LogP contribution in [0.3, 0.4) is 0 Å². The van der Waals surface area contributed by atoms with Crippen LogP contribution in [0.25, 0.3) is 10.4 Å². The fourth-order valence-electron chi connectivity index (χ4n) is 1.30. The van der Waals surface area contributed by atoms with Crippen molar-refractivity contribution in [1.82, 2.24) is 0 Å². The molecule has 1 amide bonds. The van der Waals surface area contributed by atoms with Crippen molar-refractivity contribution < 1.29 is 27.5 Å². The molecule has 0 saturated carbocycles. The Hall–Kier alpha value is -1.16. The zero-order valence-electron chi connectivity index (χ0n) is 11.3. The van der Waals surface area contributed by atoms with Gasteiger partial charge in [-0.1, -0.05) is 0 Å². The molecule has 0 bridgehead atoms. The predicted molar refractivity (Wildman–Crippen MR) is 67.5 cm³/mol. The van der Waals surface area contributed by atoms with E-state index in [-0.39, 0.29) is 13.2 Å². The monoisotopic (exact) mass is 293 g/mol. The molecule has 0 aromatic carbocycles. The molecule has 0 aliphatic heterocycles. The van der Waals surface area contributed by atoms with Crippen LogP contribution in [0.2, 0.25) is 6.04 Å². The van der Waals surface area contributed by atoms with E-state index in [2.05, 4.69) is 14.8 Å². The zero-order chi connectivity index (χ0) is 14.6. The van der Waals surface area contributed by atoms with Crippen LogP contribution < -0.4 is 0 Å². The Morgan fingerprint density at radius 3 is 2.32 bits per heavy atom. The number of azide groups is 1. The first-order valence-corrected chi connectivity index (χ1v) is 7.52. The van der Waals surface area contributed by atoms with Gasteiger partial charge in [-0.2, -0.15) is 0 Å². The van der Waals surface area contributed by atoms with Crippen molar-refractivity contribution in [3.63, 3.8) is 0 Å². The summed E-state index contributed by atoms with van der Waals surface area (Å²) in [5.74, 6) is 0. The van der Waals surface area contributed by atoms with Gasteiger partial charge in [-0.05, 0) is 12.0 Å². The van der Waals surface area contributed by atoms with Crippen LogP contribution in [0.5, 0.6) is 0 Å². The normalized spacial score (nSPS) is 10.9. The summed E-state index contributed by atoms with van der Waals surface area (Å²) in [6.07, 6.45) is -0.262. The summed E-state index contributed by atoms with van der Waals surface area (Å²) < 4.78 is 25.5. The van der Waals surface area contributed by atoms with E-state index in [4.69, 9.17) is 23.5 Å². The summed E-state index contributed by atoms with van der Waals surface area (Å²) in [5.41, 5.74) is 7.95. The number of carbonyl (C=O) groups is 1. The lowest BCUT2D eigenvalue weighted by Crippen LogP contribution is -2.42. The van der Waals surface area contributed by atoms with Crippen LogP contribution in [0.4, 0.5) is 4.79 Å². The molecule has 0 radical (unpaired) electrons. The molecule has 19 heavy (non-hydrogen) atoms. The Labute approximate surface area is 112 Å². The summed E-state index contributed by atoms with van der Waals surface area (Å²) >= 11 is 0. The van der Waals surface area contributed by atoms with Crippen molar-refractivity contribution >= 4 is 14.9 Å². The molecule has 0 fully saturated rings. The minimum atomic E-state index is -2.54. The maximum absolute atomic E-state index is 10.6. The van der Waals surface area contributed by atoms with E-state index in [0.717, 1.165) is 0 Å². The van der Waals surface area contributed by atoms with Crippen LogP contribution >= 0.6 is 0 Å². The second-order valence-electron chi connectivity index (χ2n) is 3.32. The first-order chi connectivity index (χ1) is 9.14. The van der Waals surface area contributed by atoms with Gasteiger partial charge in [0.05, 0.1) is 6.61 Å². The summed E-state index contributed by atoms with van der Waals surface area (Å²) in [6.45, 7) is 0.733. The highest BCUT2D eigenvalue weighted by atomic mass is 28.4. The Balaban J connectivity index is 3.59. The quantitative estimate of drug-likeness (QED) is 0.199. The summed E-state index contributed by atoms with van der Waals surface area (Å²) in [4.78, 5) is 12.9. The number of nitrogens with zero attached hydrogens (tertiary/aromatic N) is 3. The predicted octanol–water partition coefficient (Wildman–Crippen LogP) is 1.72. The van der Waals surface area contributed by atoms with Crippen molar-refractivity contribution in [1.29, 1.82) is 0 Å². The van der Waals surface area contributed by atoms with Gasteiger partial charge < -0.3 is 22.8 Å². The van der Waals surface area contributed by atoms with Crippen molar-refractivity contribution in [2.45, 2.75) is 12.5 Å². The Bertz CT molecular complexity index is 298. The average Bonchev–Trinajstić information content (AvgIpc) is 2.43. The van der Waals surface area contributed by atoms with Gasteiger partial charge in [0.2, 0.25) is 0 Å². The Morgan fingerprint density at radius 2 is 1.79 bits per heavy atom. The fourth-order valence-corrected chi connectivity index (χ4v) is 2.99. The third-order valence-electron chi connectivity index (χ3n) is 2.28. The van der Waals surface area contributed by atoms with E-state index in [1.165, 1.54) is 0 Å². The smallest absolute Gasteiger partial charge is 0.458 e. The second-order valence-corrected chi connectivity index (χ2v) is 6.41. The number of rotatable bonds is 10. The topological polar surface area (TPSA) is 112 Å². The van der Waals surface area contributed by atoms with E-state index >= 15 is 0 Å². The van der Waals surface area contributed by atoms with E-state index in [1.807, 2.05) is 0 Å². The maximum Gasteiger partial charge on any atom is 0.500 e. The first-order valence-electron chi connectivity index (χ1n) is 5.59. The molecule has 0 heterocycles. The molecule has 0 aliphatic carbocycles. The van der Waals surface area contributed by atoms with Gasteiger partial charge in [-0.25, -0.2) is 4.79 Å². The summed E-state index contributed by atoms with van der Waals surface area (Å²) in [5, 5.41) is 2.74. The SMILES string of the molecule is CO[Si](CCCOCCOC(=O)N=[N+]=[N-])(OC)OC. The minimum Gasteiger partial charge on any atom is -0.458 e. The van der Waals surface area contributed by atoms with Crippen molar-refractivity contribution in [3.8, 4) is 0 Å². The van der Waals surface area contributed by atoms with E-state index in [0.29, 0.717) is 19.1 Å². The van der Waals surface area contributed by atoms with Gasteiger partial charge in [0, 0.05) is 44.0 Å². The number of hydrogen-bond acceptors (Lipinski definition) is 6. The van der Waals surface area contributed by atoms with Gasteiger partial charge in [0.25, 0.3) is 0 Å². The zero-order valence-corrected chi connectivity index (χ0v) is 12.3. The van der Waals surface area contributed by atoms with E-state index < -0.39 is 14.9 Å².